The third kappa shape index (κ3) is 3.46. The number of aryl methyl sites for hydroxylation is 2. The highest BCUT2D eigenvalue weighted by Gasteiger charge is 2.15. The van der Waals surface area contributed by atoms with Crippen LogP contribution in [-0.2, 0) is 11.3 Å². The average molecular weight is 309 g/mol. The lowest BCUT2D eigenvalue weighted by Crippen LogP contribution is -2.18. The van der Waals surface area contributed by atoms with Crippen LogP contribution < -0.4 is 5.32 Å². The van der Waals surface area contributed by atoms with Gasteiger partial charge in [-0.05, 0) is 31.5 Å². The zero-order valence-electron chi connectivity index (χ0n) is 14.0. The summed E-state index contributed by atoms with van der Waals surface area (Å²) < 4.78 is 11.2. The van der Waals surface area contributed by atoms with Crippen molar-refractivity contribution in [2.24, 2.45) is 0 Å². The molecule has 0 unspecified atom stereocenters. The van der Waals surface area contributed by atoms with Crippen LogP contribution in [0.1, 0.15) is 16.9 Å². The van der Waals surface area contributed by atoms with Crippen LogP contribution in [0.2, 0.25) is 0 Å². The van der Waals surface area contributed by atoms with Crippen molar-refractivity contribution in [2.45, 2.75) is 20.4 Å². The predicted molar refractivity (Wildman–Crippen MR) is 94.7 cm³/mol. The van der Waals surface area contributed by atoms with E-state index in [1.54, 1.807) is 7.11 Å². The first-order valence-electron chi connectivity index (χ1n) is 7.98. The van der Waals surface area contributed by atoms with E-state index in [-0.39, 0.29) is 0 Å². The fourth-order valence-corrected chi connectivity index (χ4v) is 2.80. The molecule has 3 nitrogen and oxygen atoms in total. The quantitative estimate of drug-likeness (QED) is 0.683. The Kier molecular flexibility index (Phi) is 4.79. The van der Waals surface area contributed by atoms with Crippen molar-refractivity contribution < 1.29 is 9.15 Å². The molecule has 3 heteroatoms. The van der Waals surface area contributed by atoms with E-state index in [2.05, 4.69) is 61.6 Å². The summed E-state index contributed by atoms with van der Waals surface area (Å²) in [6.45, 7) is 6.41. The normalized spacial score (nSPS) is 11.3. The molecule has 0 aliphatic carbocycles. The van der Waals surface area contributed by atoms with Crippen LogP contribution in [0.4, 0.5) is 0 Å². The molecule has 0 aliphatic heterocycles. The third-order valence-corrected chi connectivity index (χ3v) is 4.03. The highest BCUT2D eigenvalue weighted by atomic mass is 16.5. The molecule has 0 radical (unpaired) electrons. The van der Waals surface area contributed by atoms with Gasteiger partial charge in [0.15, 0.2) is 0 Å². The molecular formula is C20H23NO2. The van der Waals surface area contributed by atoms with Gasteiger partial charge in [-0.2, -0.15) is 0 Å². The van der Waals surface area contributed by atoms with Crippen molar-refractivity contribution in [3.8, 4) is 11.1 Å². The van der Waals surface area contributed by atoms with Gasteiger partial charge < -0.3 is 14.5 Å². The summed E-state index contributed by atoms with van der Waals surface area (Å²) in [5, 5.41) is 4.56. The van der Waals surface area contributed by atoms with E-state index in [0.29, 0.717) is 13.2 Å². The Morgan fingerprint density at radius 1 is 1.00 bits per heavy atom. The maximum absolute atomic E-state index is 6.12. The van der Waals surface area contributed by atoms with E-state index >= 15 is 0 Å². The van der Waals surface area contributed by atoms with Crippen LogP contribution in [-0.4, -0.2) is 20.3 Å². The lowest BCUT2D eigenvalue weighted by molar-refractivity contribution is 0.198. The first kappa shape index (κ1) is 15.8. The van der Waals surface area contributed by atoms with Crippen LogP contribution in [0.5, 0.6) is 0 Å². The minimum Gasteiger partial charge on any atom is -0.459 e. The summed E-state index contributed by atoms with van der Waals surface area (Å²) in [7, 11) is 1.71. The fourth-order valence-electron chi connectivity index (χ4n) is 2.80. The average Bonchev–Trinajstić information content (AvgIpc) is 2.90. The van der Waals surface area contributed by atoms with Gasteiger partial charge in [0.25, 0.3) is 0 Å². The number of fused-ring (bicyclic) bond motifs is 1. The van der Waals surface area contributed by atoms with Crippen LogP contribution in [0, 0.1) is 13.8 Å². The standard InChI is InChI=1S/C20H23NO2/c1-14-4-7-16(8-5-14)20-17-12-15(2)6-9-18(17)23-19(20)13-21-10-11-22-3/h4-9,12,21H,10-11,13H2,1-3H3. The molecule has 0 saturated heterocycles. The molecular weight excluding hydrogens is 286 g/mol. The Morgan fingerprint density at radius 3 is 2.48 bits per heavy atom. The second-order valence-corrected chi connectivity index (χ2v) is 5.94. The smallest absolute Gasteiger partial charge is 0.135 e. The molecule has 0 spiro atoms. The van der Waals surface area contributed by atoms with Crippen molar-refractivity contribution in [2.75, 3.05) is 20.3 Å². The number of furan rings is 1. The number of benzene rings is 2. The van der Waals surface area contributed by atoms with E-state index in [4.69, 9.17) is 9.15 Å². The molecule has 3 aromatic rings. The molecule has 3 rings (SSSR count). The molecule has 1 heterocycles. The second kappa shape index (κ2) is 6.99. The molecule has 1 N–H and O–H groups in total. The van der Waals surface area contributed by atoms with Crippen LogP contribution in [0.3, 0.4) is 0 Å². The molecule has 0 bridgehead atoms. The van der Waals surface area contributed by atoms with Crippen molar-refractivity contribution in [3.05, 3.63) is 59.4 Å². The zero-order valence-corrected chi connectivity index (χ0v) is 14.0. The Bertz CT molecular complexity index is 787. The molecule has 0 atom stereocenters. The molecule has 23 heavy (non-hydrogen) atoms. The summed E-state index contributed by atoms with van der Waals surface area (Å²) in [5.74, 6) is 0.977. The second-order valence-electron chi connectivity index (χ2n) is 5.94. The topological polar surface area (TPSA) is 34.4 Å². The van der Waals surface area contributed by atoms with E-state index in [1.165, 1.54) is 27.6 Å². The summed E-state index contributed by atoms with van der Waals surface area (Å²) in [6.07, 6.45) is 0. The highest BCUT2D eigenvalue weighted by Crippen LogP contribution is 2.35. The summed E-state index contributed by atoms with van der Waals surface area (Å²) in [4.78, 5) is 0. The van der Waals surface area contributed by atoms with Gasteiger partial charge in [-0.15, -0.1) is 0 Å². The minimum atomic E-state index is 0.694. The molecule has 0 aliphatic rings. The van der Waals surface area contributed by atoms with Crippen LogP contribution >= 0.6 is 0 Å². The van der Waals surface area contributed by atoms with Crippen molar-refractivity contribution in [1.29, 1.82) is 0 Å². The van der Waals surface area contributed by atoms with Crippen LogP contribution in [0.25, 0.3) is 22.1 Å². The molecule has 120 valence electrons. The van der Waals surface area contributed by atoms with Gasteiger partial charge in [-0.3, -0.25) is 0 Å². The van der Waals surface area contributed by atoms with Gasteiger partial charge in [0, 0.05) is 24.6 Å². The summed E-state index contributed by atoms with van der Waals surface area (Å²) >= 11 is 0. The Labute approximate surface area is 137 Å². The van der Waals surface area contributed by atoms with Gasteiger partial charge in [0.1, 0.15) is 11.3 Å². The van der Waals surface area contributed by atoms with Gasteiger partial charge in [0.2, 0.25) is 0 Å². The molecule has 0 saturated carbocycles. The molecule has 1 aromatic heterocycles. The molecule has 2 aromatic carbocycles. The number of hydrogen-bond acceptors (Lipinski definition) is 3. The lowest BCUT2D eigenvalue weighted by Gasteiger charge is -2.06. The molecule has 0 fully saturated rings. The SMILES string of the molecule is COCCNCc1oc2ccc(C)cc2c1-c1ccc(C)cc1. The minimum absolute atomic E-state index is 0.694. The van der Waals surface area contributed by atoms with Gasteiger partial charge in [-0.1, -0.05) is 41.5 Å². The van der Waals surface area contributed by atoms with Crippen LogP contribution in [0.15, 0.2) is 46.9 Å². The van der Waals surface area contributed by atoms with Gasteiger partial charge >= 0.3 is 0 Å². The predicted octanol–water partition coefficient (Wildman–Crippen LogP) is 4.45. The van der Waals surface area contributed by atoms with E-state index < -0.39 is 0 Å². The summed E-state index contributed by atoms with van der Waals surface area (Å²) in [5.41, 5.74) is 5.83. The van der Waals surface area contributed by atoms with Gasteiger partial charge in [-0.25, -0.2) is 0 Å². The van der Waals surface area contributed by atoms with Crippen molar-refractivity contribution >= 4 is 11.0 Å². The number of rotatable bonds is 6. The van der Waals surface area contributed by atoms with Crippen molar-refractivity contribution in [3.63, 3.8) is 0 Å². The molecule has 0 amide bonds. The third-order valence-electron chi connectivity index (χ3n) is 4.03. The number of methoxy groups -OCH3 is 1. The maximum atomic E-state index is 6.12. The van der Waals surface area contributed by atoms with Crippen molar-refractivity contribution in [1.82, 2.24) is 5.32 Å². The Hall–Kier alpha value is -2.10. The number of hydrogen-bond donors (Lipinski definition) is 1. The zero-order chi connectivity index (χ0) is 16.2. The van der Waals surface area contributed by atoms with E-state index in [0.717, 1.165) is 17.9 Å². The largest absolute Gasteiger partial charge is 0.459 e. The van der Waals surface area contributed by atoms with E-state index in [9.17, 15) is 0 Å². The Balaban J connectivity index is 2.03. The first-order chi connectivity index (χ1) is 11.2. The van der Waals surface area contributed by atoms with E-state index in [1.807, 2.05) is 0 Å². The fraction of sp³-hybridized carbons (Fsp3) is 0.300. The summed E-state index contributed by atoms with van der Waals surface area (Å²) in [6, 6.07) is 15.0. The Morgan fingerprint density at radius 2 is 1.74 bits per heavy atom. The maximum Gasteiger partial charge on any atom is 0.135 e. The van der Waals surface area contributed by atoms with Gasteiger partial charge in [0.05, 0.1) is 13.2 Å². The lowest BCUT2D eigenvalue weighted by atomic mass is 10.00. The monoisotopic (exact) mass is 309 g/mol. The number of ether oxygens (including phenoxy) is 1. The highest BCUT2D eigenvalue weighted by molar-refractivity contribution is 5.96. The number of nitrogens with one attached hydrogen (secondary N) is 1. The first-order valence-corrected chi connectivity index (χ1v) is 7.98.